The Labute approximate surface area is 141 Å². The van der Waals surface area contributed by atoms with E-state index in [9.17, 15) is 9.59 Å². The van der Waals surface area contributed by atoms with Gasteiger partial charge in [0.2, 0.25) is 5.91 Å². The fraction of sp³-hybridized carbons (Fsp3) is 0.333. The van der Waals surface area contributed by atoms with Crippen LogP contribution in [0, 0.1) is 0 Å². The molecule has 2 amide bonds. The van der Waals surface area contributed by atoms with E-state index in [-0.39, 0.29) is 17.9 Å². The van der Waals surface area contributed by atoms with Gasteiger partial charge in [-0.2, -0.15) is 0 Å². The van der Waals surface area contributed by atoms with E-state index in [1.807, 2.05) is 49.3 Å². The van der Waals surface area contributed by atoms with Gasteiger partial charge in [-0.3, -0.25) is 9.59 Å². The first-order chi connectivity index (χ1) is 11.5. The van der Waals surface area contributed by atoms with Gasteiger partial charge in [0.25, 0.3) is 5.91 Å². The summed E-state index contributed by atoms with van der Waals surface area (Å²) in [4.78, 5) is 26.4. The molecule has 2 atom stereocenters. The number of carbonyl (C=O) groups excluding carboxylic acids is 2. The summed E-state index contributed by atoms with van der Waals surface area (Å²) in [5.41, 5.74) is 1.41. The topological polar surface area (TPSA) is 74.6 Å². The van der Waals surface area contributed by atoms with Crippen LogP contribution in [0.3, 0.4) is 0 Å². The van der Waals surface area contributed by atoms with Crippen LogP contribution in [-0.4, -0.2) is 43.4 Å². The van der Waals surface area contributed by atoms with Gasteiger partial charge < -0.3 is 20.0 Å². The Bertz CT molecular complexity index is 653. The van der Waals surface area contributed by atoms with Crippen molar-refractivity contribution in [1.29, 1.82) is 0 Å². The van der Waals surface area contributed by atoms with Gasteiger partial charge in [-0.25, -0.2) is 0 Å². The number of rotatable bonds is 7. The van der Waals surface area contributed by atoms with E-state index in [4.69, 9.17) is 4.42 Å². The molecule has 6 nitrogen and oxygen atoms in total. The van der Waals surface area contributed by atoms with Crippen molar-refractivity contribution in [1.82, 2.24) is 15.5 Å². The Kier molecular flexibility index (Phi) is 6.14. The molecular formula is C18H23N3O3. The van der Waals surface area contributed by atoms with Gasteiger partial charge in [-0.1, -0.05) is 30.3 Å². The number of carbonyl (C=O) groups is 2. The predicted octanol–water partition coefficient (Wildman–Crippen LogP) is 1.82. The molecule has 0 spiro atoms. The molecule has 0 radical (unpaired) electrons. The van der Waals surface area contributed by atoms with Gasteiger partial charge in [0, 0.05) is 6.54 Å². The maximum absolute atomic E-state index is 12.4. The molecule has 24 heavy (non-hydrogen) atoms. The molecule has 2 rings (SSSR count). The minimum absolute atomic E-state index is 0.151. The summed E-state index contributed by atoms with van der Waals surface area (Å²) in [6.45, 7) is 2.32. The summed E-state index contributed by atoms with van der Waals surface area (Å²) in [7, 11) is 3.90. The highest BCUT2D eigenvalue weighted by Crippen LogP contribution is 2.13. The van der Waals surface area contributed by atoms with Gasteiger partial charge in [-0.15, -0.1) is 0 Å². The number of nitrogens with one attached hydrogen (secondary N) is 2. The van der Waals surface area contributed by atoms with Crippen LogP contribution in [0.1, 0.15) is 28.9 Å². The monoisotopic (exact) mass is 329 g/mol. The number of amides is 2. The van der Waals surface area contributed by atoms with E-state index in [0.29, 0.717) is 12.1 Å². The van der Waals surface area contributed by atoms with E-state index in [0.717, 1.165) is 5.56 Å². The molecule has 2 unspecified atom stereocenters. The van der Waals surface area contributed by atoms with E-state index in [2.05, 4.69) is 10.6 Å². The summed E-state index contributed by atoms with van der Waals surface area (Å²) in [6.07, 6.45) is 2.76. The van der Waals surface area contributed by atoms with Crippen molar-refractivity contribution >= 4 is 11.8 Å². The van der Waals surface area contributed by atoms with Crippen LogP contribution < -0.4 is 10.6 Å². The van der Waals surface area contributed by atoms with Crippen LogP contribution in [0.5, 0.6) is 0 Å². The molecule has 0 aliphatic carbocycles. The quantitative estimate of drug-likeness (QED) is 0.812. The van der Waals surface area contributed by atoms with Crippen molar-refractivity contribution in [2.45, 2.75) is 19.0 Å². The second kappa shape index (κ2) is 8.31. The van der Waals surface area contributed by atoms with Crippen LogP contribution in [0.15, 0.2) is 53.3 Å². The summed E-state index contributed by atoms with van der Waals surface area (Å²) < 4.78 is 4.88. The molecule has 2 aromatic rings. The number of hydrogen-bond acceptors (Lipinski definition) is 4. The molecule has 1 aromatic carbocycles. The summed E-state index contributed by atoms with van der Waals surface area (Å²) in [5, 5.41) is 5.66. The van der Waals surface area contributed by atoms with Crippen LogP contribution in [0.25, 0.3) is 0 Å². The zero-order chi connectivity index (χ0) is 17.5. The van der Waals surface area contributed by atoms with Crippen molar-refractivity contribution in [2.24, 2.45) is 0 Å². The minimum Gasteiger partial charge on any atom is -0.472 e. The van der Waals surface area contributed by atoms with E-state index in [1.165, 1.54) is 12.5 Å². The normalized spacial score (nSPS) is 13.3. The second-order valence-corrected chi connectivity index (χ2v) is 5.94. The molecule has 0 aliphatic rings. The van der Waals surface area contributed by atoms with Crippen LogP contribution in [0.4, 0.5) is 0 Å². The zero-order valence-electron chi connectivity index (χ0n) is 14.2. The standard InChI is InChI=1S/C18H23N3O3/c1-13(19-18(23)15-9-10-24-12-15)17(22)20-16(11-21(2)3)14-7-5-4-6-8-14/h4-10,12-13,16H,11H2,1-3H3,(H,19,23)(H,20,22). The fourth-order valence-electron chi connectivity index (χ4n) is 2.32. The van der Waals surface area contributed by atoms with Crippen molar-refractivity contribution in [2.75, 3.05) is 20.6 Å². The van der Waals surface area contributed by atoms with Gasteiger partial charge in [0.05, 0.1) is 17.9 Å². The number of likely N-dealkylation sites (N-methyl/N-ethyl adjacent to an activating group) is 1. The Hall–Kier alpha value is -2.60. The van der Waals surface area contributed by atoms with E-state index < -0.39 is 6.04 Å². The average molecular weight is 329 g/mol. The molecule has 0 saturated carbocycles. The van der Waals surface area contributed by atoms with Crippen LogP contribution >= 0.6 is 0 Å². The van der Waals surface area contributed by atoms with Crippen molar-refractivity contribution in [3.8, 4) is 0 Å². The third-order valence-electron chi connectivity index (χ3n) is 3.59. The molecular weight excluding hydrogens is 306 g/mol. The summed E-state index contributed by atoms with van der Waals surface area (Å²) in [5.74, 6) is -0.571. The maximum atomic E-state index is 12.4. The van der Waals surface area contributed by atoms with Gasteiger partial charge >= 0.3 is 0 Å². The summed E-state index contributed by atoms with van der Waals surface area (Å²) >= 11 is 0. The average Bonchev–Trinajstić information content (AvgIpc) is 3.09. The highest BCUT2D eigenvalue weighted by Gasteiger charge is 2.21. The first-order valence-corrected chi connectivity index (χ1v) is 7.80. The molecule has 6 heteroatoms. The molecule has 1 aromatic heterocycles. The smallest absolute Gasteiger partial charge is 0.255 e. The lowest BCUT2D eigenvalue weighted by Gasteiger charge is -2.24. The molecule has 2 N–H and O–H groups in total. The first-order valence-electron chi connectivity index (χ1n) is 7.80. The van der Waals surface area contributed by atoms with Crippen molar-refractivity contribution in [3.63, 3.8) is 0 Å². The van der Waals surface area contributed by atoms with E-state index in [1.54, 1.807) is 13.0 Å². The first kappa shape index (κ1) is 17.7. The Morgan fingerprint density at radius 2 is 1.83 bits per heavy atom. The predicted molar refractivity (Wildman–Crippen MR) is 91.5 cm³/mol. The second-order valence-electron chi connectivity index (χ2n) is 5.94. The Morgan fingerprint density at radius 3 is 2.42 bits per heavy atom. The number of nitrogens with zero attached hydrogens (tertiary/aromatic N) is 1. The lowest BCUT2D eigenvalue weighted by Crippen LogP contribution is -2.47. The third-order valence-corrected chi connectivity index (χ3v) is 3.59. The molecule has 0 aliphatic heterocycles. The lowest BCUT2D eigenvalue weighted by molar-refractivity contribution is -0.123. The fourth-order valence-corrected chi connectivity index (χ4v) is 2.32. The van der Waals surface area contributed by atoms with Crippen LogP contribution in [0.2, 0.25) is 0 Å². The maximum Gasteiger partial charge on any atom is 0.255 e. The minimum atomic E-state index is -0.652. The molecule has 1 heterocycles. The Balaban J connectivity index is 2.00. The van der Waals surface area contributed by atoms with Gasteiger partial charge in [0.1, 0.15) is 12.3 Å². The Morgan fingerprint density at radius 1 is 1.12 bits per heavy atom. The number of hydrogen-bond donors (Lipinski definition) is 2. The lowest BCUT2D eigenvalue weighted by atomic mass is 10.1. The SMILES string of the molecule is CC(NC(=O)c1ccoc1)C(=O)NC(CN(C)C)c1ccccc1. The zero-order valence-corrected chi connectivity index (χ0v) is 14.2. The number of benzene rings is 1. The molecule has 0 fully saturated rings. The third kappa shape index (κ3) is 4.96. The van der Waals surface area contributed by atoms with Crippen molar-refractivity contribution < 1.29 is 14.0 Å². The number of furan rings is 1. The van der Waals surface area contributed by atoms with Gasteiger partial charge in [-0.05, 0) is 32.6 Å². The van der Waals surface area contributed by atoms with Crippen LogP contribution in [-0.2, 0) is 4.79 Å². The van der Waals surface area contributed by atoms with E-state index >= 15 is 0 Å². The highest BCUT2D eigenvalue weighted by molar-refractivity contribution is 5.97. The molecule has 0 saturated heterocycles. The highest BCUT2D eigenvalue weighted by atomic mass is 16.3. The molecule has 128 valence electrons. The largest absolute Gasteiger partial charge is 0.472 e. The molecule has 0 bridgehead atoms. The van der Waals surface area contributed by atoms with Crippen molar-refractivity contribution in [3.05, 3.63) is 60.1 Å². The summed E-state index contributed by atoms with van der Waals surface area (Å²) in [6, 6.07) is 10.5. The van der Waals surface area contributed by atoms with Gasteiger partial charge in [0.15, 0.2) is 0 Å².